The van der Waals surface area contributed by atoms with Crippen molar-refractivity contribution in [1.29, 1.82) is 0 Å². The first-order chi connectivity index (χ1) is 11.1. The van der Waals surface area contributed by atoms with E-state index in [2.05, 4.69) is 10.3 Å². The molecule has 7 heteroatoms. The third kappa shape index (κ3) is 2.13. The van der Waals surface area contributed by atoms with Crippen LogP contribution in [0.1, 0.15) is 21.5 Å². The molecule has 0 unspecified atom stereocenters. The predicted octanol–water partition coefficient (Wildman–Crippen LogP) is 0.906. The molecule has 3 aromatic rings. The molecule has 2 aromatic heterocycles. The fraction of sp³-hybridized carbons (Fsp3) is 0.188. The van der Waals surface area contributed by atoms with Crippen LogP contribution in [0, 0.1) is 0 Å². The maximum atomic E-state index is 12.9. The van der Waals surface area contributed by atoms with Crippen molar-refractivity contribution in [1.82, 2.24) is 14.9 Å². The molecular weight excluding hydrogens is 296 g/mol. The molecule has 3 N–H and O–H groups in total. The number of pyridine rings is 1. The number of nitrogens with two attached hydrogens (primary N) is 1. The van der Waals surface area contributed by atoms with Crippen LogP contribution in [0.15, 0.2) is 39.8 Å². The molecule has 3 heterocycles. The van der Waals surface area contributed by atoms with Gasteiger partial charge in [-0.3, -0.25) is 9.78 Å². The van der Waals surface area contributed by atoms with Crippen molar-refractivity contribution in [3.63, 3.8) is 0 Å². The van der Waals surface area contributed by atoms with Crippen molar-refractivity contribution in [2.45, 2.75) is 13.0 Å². The van der Waals surface area contributed by atoms with E-state index in [1.54, 1.807) is 18.3 Å². The molecule has 0 atom stereocenters. The van der Waals surface area contributed by atoms with Gasteiger partial charge in [-0.05, 0) is 36.2 Å². The number of benzene rings is 1. The highest BCUT2D eigenvalue weighted by Crippen LogP contribution is 2.21. The van der Waals surface area contributed by atoms with Gasteiger partial charge in [-0.1, -0.05) is 0 Å². The summed E-state index contributed by atoms with van der Waals surface area (Å²) in [5, 5.41) is 3.24. The van der Waals surface area contributed by atoms with E-state index in [-0.39, 0.29) is 0 Å². The van der Waals surface area contributed by atoms with Gasteiger partial charge in [0, 0.05) is 30.7 Å². The van der Waals surface area contributed by atoms with E-state index in [0.717, 1.165) is 28.7 Å². The molecule has 0 spiro atoms. The van der Waals surface area contributed by atoms with Gasteiger partial charge in [0.25, 0.3) is 5.91 Å². The number of aromatic nitrogens is 2. The SMILES string of the molecule is Nc1ccc2c(c1)oc(=O)n2C(=O)c1cncc2c1CCNC2. The summed E-state index contributed by atoms with van der Waals surface area (Å²) >= 11 is 0. The molecule has 0 bridgehead atoms. The average Bonchev–Trinajstić information content (AvgIpc) is 2.88. The van der Waals surface area contributed by atoms with Crippen molar-refractivity contribution >= 4 is 22.7 Å². The zero-order valence-corrected chi connectivity index (χ0v) is 12.2. The van der Waals surface area contributed by atoms with Gasteiger partial charge < -0.3 is 15.5 Å². The lowest BCUT2D eigenvalue weighted by Crippen LogP contribution is -2.29. The summed E-state index contributed by atoms with van der Waals surface area (Å²) in [5.74, 6) is -1.15. The van der Waals surface area contributed by atoms with Crippen LogP contribution in [0.25, 0.3) is 11.1 Å². The number of oxazole rings is 1. The summed E-state index contributed by atoms with van der Waals surface area (Å²) < 4.78 is 6.18. The monoisotopic (exact) mass is 310 g/mol. The van der Waals surface area contributed by atoms with Crippen molar-refractivity contribution in [3.05, 3.63) is 57.8 Å². The number of carbonyl (C=O) groups excluding carboxylic acids is 1. The molecule has 0 saturated carbocycles. The third-order valence-electron chi connectivity index (χ3n) is 4.05. The van der Waals surface area contributed by atoms with E-state index in [1.807, 2.05) is 0 Å². The van der Waals surface area contributed by atoms with Crippen LogP contribution in [0.2, 0.25) is 0 Å². The molecule has 0 fully saturated rings. The zero-order valence-electron chi connectivity index (χ0n) is 12.2. The quantitative estimate of drug-likeness (QED) is 0.647. The highest BCUT2D eigenvalue weighted by atomic mass is 16.4. The van der Waals surface area contributed by atoms with Crippen molar-refractivity contribution in [3.8, 4) is 0 Å². The Labute approximate surface area is 130 Å². The number of nitrogens with zero attached hydrogens (tertiary/aromatic N) is 2. The van der Waals surface area contributed by atoms with Crippen LogP contribution < -0.4 is 16.8 Å². The molecular formula is C16H14N4O3. The molecule has 0 radical (unpaired) electrons. The summed E-state index contributed by atoms with van der Waals surface area (Å²) in [4.78, 5) is 29.2. The van der Waals surface area contributed by atoms with E-state index >= 15 is 0 Å². The van der Waals surface area contributed by atoms with Gasteiger partial charge in [-0.2, -0.15) is 0 Å². The van der Waals surface area contributed by atoms with E-state index in [4.69, 9.17) is 10.2 Å². The van der Waals surface area contributed by atoms with E-state index in [0.29, 0.717) is 28.9 Å². The van der Waals surface area contributed by atoms with E-state index < -0.39 is 11.7 Å². The minimum absolute atomic E-state index is 0.294. The molecule has 0 saturated heterocycles. The average molecular weight is 310 g/mol. The molecule has 23 heavy (non-hydrogen) atoms. The first-order valence-corrected chi connectivity index (χ1v) is 7.27. The molecule has 4 rings (SSSR count). The number of anilines is 1. The Morgan fingerprint density at radius 2 is 2.22 bits per heavy atom. The summed E-state index contributed by atoms with van der Waals surface area (Å²) in [7, 11) is 0. The molecule has 1 aliphatic rings. The van der Waals surface area contributed by atoms with Gasteiger partial charge in [0.05, 0.1) is 11.1 Å². The second kappa shape index (κ2) is 5.06. The summed E-state index contributed by atoms with van der Waals surface area (Å²) in [5.41, 5.74) is 9.20. The number of rotatable bonds is 1. The Balaban J connectivity index is 1.91. The van der Waals surface area contributed by atoms with Gasteiger partial charge in [0.1, 0.15) is 0 Å². The Morgan fingerprint density at radius 3 is 3.09 bits per heavy atom. The van der Waals surface area contributed by atoms with Crippen molar-refractivity contribution < 1.29 is 9.21 Å². The van der Waals surface area contributed by atoms with Crippen LogP contribution in [0.4, 0.5) is 5.69 Å². The molecule has 1 aliphatic heterocycles. The lowest BCUT2D eigenvalue weighted by atomic mass is 9.98. The summed E-state index contributed by atoms with van der Waals surface area (Å²) in [6.07, 6.45) is 3.97. The lowest BCUT2D eigenvalue weighted by molar-refractivity contribution is 0.0955. The van der Waals surface area contributed by atoms with Crippen LogP contribution in [0.5, 0.6) is 0 Å². The highest BCUT2D eigenvalue weighted by Gasteiger charge is 2.23. The number of hydrogen-bond acceptors (Lipinski definition) is 6. The fourth-order valence-corrected chi connectivity index (χ4v) is 2.95. The topological polar surface area (TPSA) is 103 Å². The Hall–Kier alpha value is -2.93. The molecule has 1 aromatic carbocycles. The minimum atomic E-state index is -0.720. The fourth-order valence-electron chi connectivity index (χ4n) is 2.95. The van der Waals surface area contributed by atoms with Gasteiger partial charge in [0.2, 0.25) is 0 Å². The predicted molar refractivity (Wildman–Crippen MR) is 84.3 cm³/mol. The second-order valence-corrected chi connectivity index (χ2v) is 5.49. The van der Waals surface area contributed by atoms with Gasteiger partial charge in [-0.25, -0.2) is 9.36 Å². The Morgan fingerprint density at radius 1 is 1.35 bits per heavy atom. The summed E-state index contributed by atoms with van der Waals surface area (Å²) in [6, 6.07) is 4.77. The van der Waals surface area contributed by atoms with E-state index in [1.165, 1.54) is 12.3 Å². The zero-order chi connectivity index (χ0) is 16.0. The number of fused-ring (bicyclic) bond motifs is 2. The van der Waals surface area contributed by atoms with Crippen molar-refractivity contribution in [2.75, 3.05) is 12.3 Å². The number of carbonyl (C=O) groups is 1. The van der Waals surface area contributed by atoms with Crippen LogP contribution >= 0.6 is 0 Å². The Bertz CT molecular complexity index is 987. The molecule has 7 nitrogen and oxygen atoms in total. The molecule has 0 aliphatic carbocycles. The lowest BCUT2D eigenvalue weighted by Gasteiger charge is -2.18. The van der Waals surface area contributed by atoms with Gasteiger partial charge in [-0.15, -0.1) is 0 Å². The third-order valence-corrected chi connectivity index (χ3v) is 4.05. The number of hydrogen-bond donors (Lipinski definition) is 2. The highest BCUT2D eigenvalue weighted by molar-refractivity contribution is 6.02. The first-order valence-electron chi connectivity index (χ1n) is 7.27. The van der Waals surface area contributed by atoms with Crippen LogP contribution in [-0.2, 0) is 13.0 Å². The maximum Gasteiger partial charge on any atom is 0.427 e. The smallest absolute Gasteiger partial charge is 0.407 e. The van der Waals surface area contributed by atoms with Gasteiger partial charge in [0.15, 0.2) is 5.58 Å². The first kappa shape index (κ1) is 13.7. The summed E-state index contributed by atoms with van der Waals surface area (Å²) in [6.45, 7) is 1.45. The van der Waals surface area contributed by atoms with Gasteiger partial charge >= 0.3 is 5.76 Å². The minimum Gasteiger partial charge on any atom is -0.407 e. The van der Waals surface area contributed by atoms with Crippen LogP contribution in [0.3, 0.4) is 0 Å². The van der Waals surface area contributed by atoms with E-state index in [9.17, 15) is 9.59 Å². The number of nitrogen functional groups attached to an aromatic ring is 1. The molecule has 0 amide bonds. The van der Waals surface area contributed by atoms with Crippen molar-refractivity contribution in [2.24, 2.45) is 0 Å². The standard InChI is InChI=1S/C16H14N4O3/c17-10-1-2-13-14(5-10)23-16(22)20(13)15(21)12-8-19-7-9-6-18-4-3-11(9)12/h1-2,5,7-8,18H,3-4,6,17H2. The normalized spacial score (nSPS) is 13.9. The van der Waals surface area contributed by atoms with Crippen LogP contribution in [-0.4, -0.2) is 22.0 Å². The largest absolute Gasteiger partial charge is 0.427 e. The molecule has 116 valence electrons. The Kier molecular flexibility index (Phi) is 3.02. The second-order valence-electron chi connectivity index (χ2n) is 5.49. The number of nitrogens with one attached hydrogen (secondary N) is 1. The maximum absolute atomic E-state index is 12.9.